The Morgan fingerprint density at radius 2 is 2.22 bits per heavy atom. The van der Waals surface area contributed by atoms with Crippen LogP contribution in [0.4, 0.5) is 5.69 Å². The number of carbonyl (C=O) groups excluding carboxylic acids is 1. The molecule has 0 bridgehead atoms. The summed E-state index contributed by atoms with van der Waals surface area (Å²) in [6, 6.07) is 6.16. The van der Waals surface area contributed by atoms with Crippen molar-refractivity contribution in [3.05, 3.63) is 28.8 Å². The van der Waals surface area contributed by atoms with E-state index in [-0.39, 0.29) is 5.91 Å². The number of halogens is 1. The zero-order valence-electron chi connectivity index (χ0n) is 10.1. The smallest absolute Gasteiger partial charge is 0.238 e. The van der Waals surface area contributed by atoms with Crippen molar-refractivity contribution in [1.29, 1.82) is 0 Å². The number of nitrogens with zero attached hydrogens (tertiary/aromatic N) is 1. The minimum absolute atomic E-state index is 0.0444. The van der Waals surface area contributed by atoms with E-state index in [9.17, 15) is 4.79 Å². The Hall–Kier alpha value is -1.10. The second-order valence-corrected chi connectivity index (χ2v) is 5.34. The predicted octanol–water partition coefficient (Wildman–Crippen LogP) is 1.46. The molecule has 18 heavy (non-hydrogen) atoms. The van der Waals surface area contributed by atoms with E-state index in [0.717, 1.165) is 37.3 Å². The molecule has 5 heteroatoms. The number of carbonyl (C=O) groups is 1. The lowest BCUT2D eigenvalue weighted by Crippen LogP contribution is -2.39. The molecule has 1 atom stereocenters. The number of rotatable bonds is 1. The fraction of sp³-hybridized carbons (Fsp3) is 0.462. The topological polar surface area (TPSA) is 44.4 Å². The Balaban J connectivity index is 1.88. The maximum absolute atomic E-state index is 11.9. The van der Waals surface area contributed by atoms with Crippen LogP contribution >= 0.6 is 11.6 Å². The maximum Gasteiger partial charge on any atom is 0.238 e. The molecule has 96 valence electrons. The lowest BCUT2D eigenvalue weighted by molar-refractivity contribution is -0.117. The van der Waals surface area contributed by atoms with Gasteiger partial charge in [0.05, 0.1) is 6.54 Å². The van der Waals surface area contributed by atoms with Gasteiger partial charge >= 0.3 is 0 Å². The van der Waals surface area contributed by atoms with Crippen molar-refractivity contribution in [3.63, 3.8) is 0 Å². The minimum atomic E-state index is 0.0444. The largest absolute Gasteiger partial charge is 0.325 e. The van der Waals surface area contributed by atoms with Crippen LogP contribution in [-0.4, -0.2) is 36.5 Å². The fourth-order valence-corrected chi connectivity index (χ4v) is 2.83. The van der Waals surface area contributed by atoms with Crippen molar-refractivity contribution in [2.24, 2.45) is 0 Å². The van der Waals surface area contributed by atoms with Crippen molar-refractivity contribution in [2.75, 3.05) is 25.0 Å². The number of benzene rings is 1. The standard InChI is InChI=1S/C13H16ClN3O/c14-10-2-1-9-7-17(11-3-4-15-6-11)8-13(18)16-12(9)5-10/h1-2,5,11,15H,3-4,6-8H2,(H,16,18). The first-order valence-corrected chi connectivity index (χ1v) is 6.63. The molecular formula is C13H16ClN3O. The van der Waals surface area contributed by atoms with Gasteiger partial charge in [0.2, 0.25) is 5.91 Å². The van der Waals surface area contributed by atoms with E-state index in [0.29, 0.717) is 17.6 Å². The third-order valence-corrected chi connectivity index (χ3v) is 3.85. The van der Waals surface area contributed by atoms with Crippen molar-refractivity contribution in [1.82, 2.24) is 10.2 Å². The van der Waals surface area contributed by atoms with Gasteiger partial charge in [-0.15, -0.1) is 0 Å². The fourth-order valence-electron chi connectivity index (χ4n) is 2.66. The monoisotopic (exact) mass is 265 g/mol. The second kappa shape index (κ2) is 4.88. The van der Waals surface area contributed by atoms with E-state index >= 15 is 0 Å². The zero-order chi connectivity index (χ0) is 12.5. The van der Waals surface area contributed by atoms with E-state index in [4.69, 9.17) is 11.6 Å². The van der Waals surface area contributed by atoms with Gasteiger partial charge in [-0.05, 0) is 30.7 Å². The first kappa shape index (κ1) is 12.0. The lowest BCUT2D eigenvalue weighted by Gasteiger charge is -2.25. The molecule has 0 spiro atoms. The van der Waals surface area contributed by atoms with E-state index in [2.05, 4.69) is 15.5 Å². The normalized spacial score (nSPS) is 24.5. The number of nitrogens with one attached hydrogen (secondary N) is 2. The number of hydrogen-bond donors (Lipinski definition) is 2. The van der Waals surface area contributed by atoms with Crippen LogP contribution in [0.15, 0.2) is 18.2 Å². The molecular weight excluding hydrogens is 250 g/mol. The molecule has 1 unspecified atom stereocenters. The van der Waals surface area contributed by atoms with Gasteiger partial charge in [0.25, 0.3) is 0 Å². The van der Waals surface area contributed by atoms with Gasteiger partial charge in [-0.1, -0.05) is 17.7 Å². The number of fused-ring (bicyclic) bond motifs is 1. The molecule has 0 saturated carbocycles. The van der Waals surface area contributed by atoms with Crippen LogP contribution < -0.4 is 10.6 Å². The highest BCUT2D eigenvalue weighted by Gasteiger charge is 2.27. The summed E-state index contributed by atoms with van der Waals surface area (Å²) >= 11 is 5.97. The Kier molecular flexibility index (Phi) is 3.24. The Labute approximate surface area is 111 Å². The SMILES string of the molecule is O=C1CN(C2CCNC2)Cc2ccc(Cl)cc2N1. The summed E-state index contributed by atoms with van der Waals surface area (Å²) in [7, 11) is 0. The Bertz CT molecular complexity index is 471. The van der Waals surface area contributed by atoms with Gasteiger partial charge in [0, 0.05) is 29.8 Å². The highest BCUT2D eigenvalue weighted by atomic mass is 35.5. The highest BCUT2D eigenvalue weighted by Crippen LogP contribution is 2.26. The van der Waals surface area contributed by atoms with Crippen LogP contribution in [0.1, 0.15) is 12.0 Å². The van der Waals surface area contributed by atoms with E-state index in [1.807, 2.05) is 18.2 Å². The molecule has 0 aromatic heterocycles. The quantitative estimate of drug-likeness (QED) is 0.808. The van der Waals surface area contributed by atoms with Gasteiger partial charge in [-0.2, -0.15) is 0 Å². The van der Waals surface area contributed by atoms with Gasteiger partial charge in [0.15, 0.2) is 0 Å². The first-order chi connectivity index (χ1) is 8.72. The first-order valence-electron chi connectivity index (χ1n) is 6.25. The van der Waals surface area contributed by atoms with Gasteiger partial charge < -0.3 is 10.6 Å². The number of amides is 1. The van der Waals surface area contributed by atoms with Crippen molar-refractivity contribution in [2.45, 2.75) is 19.0 Å². The van der Waals surface area contributed by atoms with Gasteiger partial charge in [-0.3, -0.25) is 9.69 Å². The summed E-state index contributed by atoms with van der Waals surface area (Å²) in [5.74, 6) is 0.0444. The molecule has 3 rings (SSSR count). The van der Waals surface area contributed by atoms with Crippen molar-refractivity contribution < 1.29 is 4.79 Å². The summed E-state index contributed by atoms with van der Waals surface area (Å²) in [5.41, 5.74) is 1.98. The molecule has 0 radical (unpaired) electrons. The highest BCUT2D eigenvalue weighted by molar-refractivity contribution is 6.31. The molecule has 0 aliphatic carbocycles. The average Bonchev–Trinajstić information content (AvgIpc) is 2.80. The molecule has 1 amide bonds. The Morgan fingerprint density at radius 3 is 3.00 bits per heavy atom. The lowest BCUT2D eigenvalue weighted by atomic mass is 10.1. The summed E-state index contributed by atoms with van der Waals surface area (Å²) < 4.78 is 0. The summed E-state index contributed by atoms with van der Waals surface area (Å²) in [5, 5.41) is 6.93. The molecule has 1 aromatic carbocycles. The third-order valence-electron chi connectivity index (χ3n) is 3.62. The van der Waals surface area contributed by atoms with E-state index in [1.165, 1.54) is 0 Å². The second-order valence-electron chi connectivity index (χ2n) is 4.90. The van der Waals surface area contributed by atoms with Crippen LogP contribution in [0.25, 0.3) is 0 Å². The van der Waals surface area contributed by atoms with Crippen LogP contribution in [0.3, 0.4) is 0 Å². The molecule has 2 N–H and O–H groups in total. The maximum atomic E-state index is 11.9. The molecule has 2 aliphatic rings. The Morgan fingerprint density at radius 1 is 1.33 bits per heavy atom. The number of anilines is 1. The molecule has 2 aliphatic heterocycles. The molecule has 1 saturated heterocycles. The minimum Gasteiger partial charge on any atom is -0.325 e. The van der Waals surface area contributed by atoms with Crippen LogP contribution in [0, 0.1) is 0 Å². The third kappa shape index (κ3) is 2.36. The van der Waals surface area contributed by atoms with Crippen LogP contribution in [0.2, 0.25) is 5.02 Å². The average molecular weight is 266 g/mol. The summed E-state index contributed by atoms with van der Waals surface area (Å²) in [6.45, 7) is 3.27. The molecule has 1 fully saturated rings. The predicted molar refractivity (Wildman–Crippen MR) is 71.8 cm³/mol. The molecule has 2 heterocycles. The van der Waals surface area contributed by atoms with Crippen molar-refractivity contribution >= 4 is 23.2 Å². The van der Waals surface area contributed by atoms with Crippen LogP contribution in [-0.2, 0) is 11.3 Å². The summed E-state index contributed by atoms with van der Waals surface area (Å²) in [4.78, 5) is 14.2. The summed E-state index contributed by atoms with van der Waals surface area (Å²) in [6.07, 6.45) is 1.11. The molecule has 4 nitrogen and oxygen atoms in total. The zero-order valence-corrected chi connectivity index (χ0v) is 10.8. The molecule has 1 aromatic rings. The number of hydrogen-bond acceptors (Lipinski definition) is 3. The van der Waals surface area contributed by atoms with Gasteiger partial charge in [0.1, 0.15) is 0 Å². The van der Waals surface area contributed by atoms with Crippen LogP contribution in [0.5, 0.6) is 0 Å². The van der Waals surface area contributed by atoms with E-state index < -0.39 is 0 Å². The van der Waals surface area contributed by atoms with Crippen molar-refractivity contribution in [3.8, 4) is 0 Å². The van der Waals surface area contributed by atoms with E-state index in [1.54, 1.807) is 0 Å². The van der Waals surface area contributed by atoms with Gasteiger partial charge in [-0.25, -0.2) is 0 Å².